The Bertz CT molecular complexity index is 989. The number of imide groups is 1. The zero-order valence-electron chi connectivity index (χ0n) is 18.5. The molecule has 2 amide bonds. The van der Waals surface area contributed by atoms with Crippen LogP contribution in [0.4, 0.5) is 5.82 Å². The van der Waals surface area contributed by atoms with E-state index in [4.69, 9.17) is 0 Å². The monoisotopic (exact) mass is 471 g/mol. The van der Waals surface area contributed by atoms with Gasteiger partial charge in [0.2, 0.25) is 0 Å². The number of halogens is 1. The average molecular weight is 472 g/mol. The van der Waals surface area contributed by atoms with Gasteiger partial charge in [0.25, 0.3) is 11.8 Å². The lowest BCUT2D eigenvalue weighted by atomic mass is 10.1. The molecule has 2 aromatic rings. The Balaban J connectivity index is 2.05. The highest BCUT2D eigenvalue weighted by atomic mass is 79.9. The Hall–Kier alpha value is -2.05. The van der Waals surface area contributed by atoms with Crippen molar-refractivity contribution in [3.8, 4) is 0 Å². The van der Waals surface area contributed by atoms with E-state index in [-0.39, 0.29) is 11.8 Å². The van der Waals surface area contributed by atoms with Gasteiger partial charge in [0.1, 0.15) is 5.82 Å². The van der Waals surface area contributed by atoms with Crippen LogP contribution in [-0.2, 0) is 16.1 Å². The van der Waals surface area contributed by atoms with Crippen molar-refractivity contribution in [3.05, 3.63) is 45.4 Å². The van der Waals surface area contributed by atoms with Crippen molar-refractivity contribution in [2.45, 2.75) is 54.0 Å². The smallest absolute Gasteiger partial charge is 0.262 e. The molecule has 0 bridgehead atoms. The van der Waals surface area contributed by atoms with E-state index in [1.165, 1.54) is 4.90 Å². The molecule has 2 heterocycles. The summed E-state index contributed by atoms with van der Waals surface area (Å²) in [4.78, 5) is 33.8. The molecule has 1 aromatic heterocycles. The quantitative estimate of drug-likeness (QED) is 0.479. The number of pyridine rings is 1. The van der Waals surface area contributed by atoms with Crippen molar-refractivity contribution in [1.29, 1.82) is 0 Å². The van der Waals surface area contributed by atoms with E-state index < -0.39 is 0 Å². The summed E-state index contributed by atoms with van der Waals surface area (Å²) < 4.78 is 0.917. The van der Waals surface area contributed by atoms with Crippen molar-refractivity contribution < 1.29 is 9.59 Å². The summed E-state index contributed by atoms with van der Waals surface area (Å²) in [5, 5.41) is 1.05. The fourth-order valence-corrected chi connectivity index (χ4v) is 4.08. The summed E-state index contributed by atoms with van der Waals surface area (Å²) in [6.07, 6.45) is 2.21. The molecule has 0 unspecified atom stereocenters. The molecule has 160 valence electrons. The number of amides is 2. The second-order valence-corrected chi connectivity index (χ2v) is 9.37. The minimum atomic E-state index is -0.282. The standard InChI is InChI=1S/C24H30BrN3O2/c1-6-10-27(11-9-15(2)3)14-18-12-22(26-21-13-19(25)7-8-20(18)21)28-23(29)16(4)17(5)24(28)30/h7-8,12-13,15H,6,9-11,14H2,1-5H3. The number of anilines is 1. The van der Waals surface area contributed by atoms with Gasteiger partial charge in [-0.05, 0) is 69.5 Å². The molecule has 0 N–H and O–H groups in total. The highest BCUT2D eigenvalue weighted by molar-refractivity contribution is 9.10. The molecule has 6 heteroatoms. The number of fused-ring (bicyclic) bond motifs is 1. The van der Waals surface area contributed by atoms with E-state index in [2.05, 4.69) is 52.7 Å². The lowest BCUT2D eigenvalue weighted by Gasteiger charge is -2.24. The molecule has 0 aliphatic carbocycles. The summed E-state index contributed by atoms with van der Waals surface area (Å²) in [6, 6.07) is 7.92. The topological polar surface area (TPSA) is 53.5 Å². The van der Waals surface area contributed by atoms with E-state index in [1.807, 2.05) is 18.2 Å². The zero-order chi connectivity index (χ0) is 22.0. The second kappa shape index (κ2) is 9.40. The number of carbonyl (C=O) groups is 2. The Labute approximate surface area is 187 Å². The molecule has 5 nitrogen and oxygen atoms in total. The van der Waals surface area contributed by atoms with Crippen molar-refractivity contribution >= 4 is 44.5 Å². The summed E-state index contributed by atoms with van der Waals surface area (Å²) in [5.74, 6) is 0.482. The molecule has 0 atom stereocenters. The van der Waals surface area contributed by atoms with Crippen molar-refractivity contribution in [3.63, 3.8) is 0 Å². The van der Waals surface area contributed by atoms with Gasteiger partial charge in [-0.1, -0.05) is 42.8 Å². The summed E-state index contributed by atoms with van der Waals surface area (Å²) in [6.45, 7) is 12.8. The lowest BCUT2D eigenvalue weighted by Crippen LogP contribution is -2.32. The maximum Gasteiger partial charge on any atom is 0.262 e. The van der Waals surface area contributed by atoms with E-state index in [0.717, 1.165) is 53.4 Å². The van der Waals surface area contributed by atoms with E-state index in [0.29, 0.717) is 22.9 Å². The Morgan fingerprint density at radius 2 is 1.73 bits per heavy atom. The number of hydrogen-bond donors (Lipinski definition) is 0. The van der Waals surface area contributed by atoms with Crippen LogP contribution >= 0.6 is 15.9 Å². The number of hydrogen-bond acceptors (Lipinski definition) is 4. The van der Waals surface area contributed by atoms with Crippen LogP contribution in [0.25, 0.3) is 10.9 Å². The van der Waals surface area contributed by atoms with Crippen molar-refractivity contribution in [2.75, 3.05) is 18.0 Å². The molecular weight excluding hydrogens is 442 g/mol. The Morgan fingerprint density at radius 3 is 2.33 bits per heavy atom. The van der Waals surface area contributed by atoms with Gasteiger partial charge >= 0.3 is 0 Å². The number of benzene rings is 1. The van der Waals surface area contributed by atoms with Gasteiger partial charge in [-0.2, -0.15) is 0 Å². The fraction of sp³-hybridized carbons (Fsp3) is 0.458. The van der Waals surface area contributed by atoms with Crippen LogP contribution in [0.2, 0.25) is 0 Å². The molecule has 0 radical (unpaired) electrons. The van der Waals surface area contributed by atoms with Crippen molar-refractivity contribution in [1.82, 2.24) is 9.88 Å². The predicted octanol–water partition coefficient (Wildman–Crippen LogP) is 5.47. The molecular formula is C24H30BrN3O2. The van der Waals surface area contributed by atoms with Gasteiger partial charge in [-0.3, -0.25) is 14.5 Å². The highest BCUT2D eigenvalue weighted by Crippen LogP contribution is 2.31. The Morgan fingerprint density at radius 1 is 1.07 bits per heavy atom. The predicted molar refractivity (Wildman–Crippen MR) is 125 cm³/mol. The summed E-state index contributed by atoms with van der Waals surface area (Å²) in [5.41, 5.74) is 2.84. The lowest BCUT2D eigenvalue weighted by molar-refractivity contribution is -0.120. The van der Waals surface area contributed by atoms with E-state index in [1.54, 1.807) is 13.8 Å². The molecule has 1 aliphatic rings. The number of rotatable bonds is 8. The molecule has 0 spiro atoms. The van der Waals surface area contributed by atoms with Gasteiger partial charge < -0.3 is 0 Å². The fourth-order valence-electron chi connectivity index (χ4n) is 3.73. The molecule has 30 heavy (non-hydrogen) atoms. The maximum absolute atomic E-state index is 12.7. The van der Waals surface area contributed by atoms with E-state index >= 15 is 0 Å². The first-order valence-corrected chi connectivity index (χ1v) is 11.4. The minimum absolute atomic E-state index is 0.282. The van der Waals surface area contributed by atoms with Crippen molar-refractivity contribution in [2.24, 2.45) is 5.92 Å². The summed E-state index contributed by atoms with van der Waals surface area (Å²) in [7, 11) is 0. The third-order valence-corrected chi connectivity index (χ3v) is 6.13. The molecule has 0 saturated heterocycles. The first-order chi connectivity index (χ1) is 14.2. The molecule has 3 rings (SSSR count). The molecule has 0 fully saturated rings. The largest absolute Gasteiger partial charge is 0.299 e. The van der Waals surface area contributed by atoms with Crippen LogP contribution in [0.1, 0.15) is 53.0 Å². The summed E-state index contributed by atoms with van der Waals surface area (Å²) >= 11 is 3.52. The minimum Gasteiger partial charge on any atom is -0.299 e. The first-order valence-electron chi connectivity index (χ1n) is 10.6. The Kier molecular flexibility index (Phi) is 7.09. The van der Waals surface area contributed by atoms with Crippen LogP contribution in [0.15, 0.2) is 39.9 Å². The van der Waals surface area contributed by atoms with Gasteiger partial charge in [0.15, 0.2) is 0 Å². The zero-order valence-corrected chi connectivity index (χ0v) is 20.0. The second-order valence-electron chi connectivity index (χ2n) is 8.46. The maximum atomic E-state index is 12.7. The van der Waals surface area contributed by atoms with Crippen LogP contribution in [0.3, 0.4) is 0 Å². The number of aromatic nitrogens is 1. The van der Waals surface area contributed by atoms with Gasteiger partial charge in [-0.15, -0.1) is 0 Å². The van der Waals surface area contributed by atoms with Crippen LogP contribution in [-0.4, -0.2) is 34.8 Å². The van der Waals surface area contributed by atoms with Crippen LogP contribution in [0.5, 0.6) is 0 Å². The normalized spacial score (nSPS) is 14.9. The third-order valence-electron chi connectivity index (χ3n) is 5.64. The van der Waals surface area contributed by atoms with E-state index in [9.17, 15) is 9.59 Å². The first kappa shape index (κ1) is 22.6. The van der Waals surface area contributed by atoms with Crippen LogP contribution < -0.4 is 4.90 Å². The number of nitrogens with zero attached hydrogens (tertiary/aromatic N) is 3. The number of carbonyl (C=O) groups excluding carboxylic acids is 2. The average Bonchev–Trinajstić information content (AvgIpc) is 2.88. The molecule has 1 aromatic carbocycles. The van der Waals surface area contributed by atoms with Gasteiger partial charge in [0.05, 0.1) is 5.52 Å². The third kappa shape index (κ3) is 4.65. The molecule has 1 aliphatic heterocycles. The highest BCUT2D eigenvalue weighted by Gasteiger charge is 2.35. The SMILES string of the molecule is CCCN(CCC(C)C)Cc1cc(N2C(=O)C(C)=C(C)C2=O)nc2cc(Br)ccc12. The van der Waals surface area contributed by atoms with Crippen LogP contribution in [0, 0.1) is 5.92 Å². The molecule has 0 saturated carbocycles. The van der Waals surface area contributed by atoms with Gasteiger partial charge in [0, 0.05) is 27.5 Å². The van der Waals surface area contributed by atoms with Gasteiger partial charge in [-0.25, -0.2) is 9.88 Å².